The maximum absolute atomic E-state index is 12.8. The molecule has 56 heavy (non-hydrogen) atoms. The van der Waals surface area contributed by atoms with Crippen LogP contribution in [0, 0.1) is 0 Å². The van der Waals surface area contributed by atoms with Gasteiger partial charge in [-0.3, -0.25) is 14.3 Å². The van der Waals surface area contributed by atoms with E-state index in [-0.39, 0.29) is 23.3 Å². The van der Waals surface area contributed by atoms with Crippen LogP contribution in [0.5, 0.6) is 0 Å². The molecule has 0 bridgehead atoms. The van der Waals surface area contributed by atoms with E-state index in [1.54, 1.807) is 0 Å². The molecule has 16 heteroatoms. The highest BCUT2D eigenvalue weighted by atomic mass is 32.2. The third-order valence-corrected chi connectivity index (χ3v) is 11.3. The predicted octanol–water partition coefficient (Wildman–Crippen LogP) is 7.15. The number of hydrogen-bond donors (Lipinski definition) is 2. The molecule has 14 nitrogen and oxygen atoms in total. The first-order chi connectivity index (χ1) is 27.3. The van der Waals surface area contributed by atoms with E-state index in [0.29, 0.717) is 35.1 Å². The normalized spacial score (nSPS) is 11.4. The lowest BCUT2D eigenvalue weighted by Crippen LogP contribution is -2.14. The van der Waals surface area contributed by atoms with Crippen LogP contribution in [-0.2, 0) is 36.8 Å². The van der Waals surface area contributed by atoms with Crippen LogP contribution in [0.3, 0.4) is 0 Å². The van der Waals surface area contributed by atoms with Crippen molar-refractivity contribution in [3.05, 3.63) is 97.2 Å². The topological polar surface area (TPSA) is 155 Å². The minimum Gasteiger partial charge on any atom is -0.327 e. The average Bonchev–Trinajstić information content (AvgIpc) is 4.00. The van der Waals surface area contributed by atoms with Gasteiger partial charge in [-0.05, 0) is 62.4 Å². The Morgan fingerprint density at radius 3 is 1.79 bits per heavy atom. The second-order valence-corrected chi connectivity index (χ2v) is 14.8. The summed E-state index contributed by atoms with van der Waals surface area (Å²) in [6.07, 6.45) is 1.84. The molecule has 0 atom stereocenters. The fraction of sp³-hybridized carbons (Fsp3) is 0.200. The Bertz CT molecular complexity index is 2700. The molecule has 0 aliphatic carbocycles. The molecule has 2 amide bonds. The van der Waals surface area contributed by atoms with E-state index >= 15 is 0 Å². The van der Waals surface area contributed by atoms with Gasteiger partial charge in [0, 0.05) is 60.6 Å². The fourth-order valence-electron chi connectivity index (χ4n) is 6.67. The van der Waals surface area contributed by atoms with Gasteiger partial charge in [-0.1, -0.05) is 66.0 Å². The van der Waals surface area contributed by atoms with Gasteiger partial charge in [-0.25, -0.2) is 4.98 Å². The number of fused-ring (bicyclic) bond motifs is 2. The summed E-state index contributed by atoms with van der Waals surface area (Å²) in [6, 6.07) is 29.0. The third kappa shape index (κ3) is 7.15. The quantitative estimate of drug-likeness (QED) is 0.115. The number of thioether (sulfide) groups is 2. The number of nitrogens with one attached hydrogen (secondary N) is 2. The van der Waals surface area contributed by atoms with Crippen molar-refractivity contribution in [1.82, 2.24) is 48.9 Å². The van der Waals surface area contributed by atoms with Crippen LogP contribution >= 0.6 is 23.5 Å². The van der Waals surface area contributed by atoms with Crippen LogP contribution in [0.4, 0.5) is 11.4 Å². The zero-order chi connectivity index (χ0) is 38.8. The number of carbonyl (C=O) groups excluding carboxylic acids is 2. The van der Waals surface area contributed by atoms with Gasteiger partial charge in [0.1, 0.15) is 11.3 Å². The molecule has 0 unspecified atom stereocenters. The molecule has 4 aromatic heterocycles. The highest BCUT2D eigenvalue weighted by molar-refractivity contribution is 8.00. The van der Waals surface area contributed by atoms with Crippen molar-refractivity contribution >= 4 is 68.6 Å². The van der Waals surface area contributed by atoms with E-state index in [2.05, 4.69) is 52.8 Å². The van der Waals surface area contributed by atoms with Crippen LogP contribution in [-0.4, -0.2) is 72.2 Å². The zero-order valence-electron chi connectivity index (χ0n) is 31.2. The second-order valence-electron chi connectivity index (χ2n) is 12.9. The van der Waals surface area contributed by atoms with Crippen molar-refractivity contribution in [3.8, 4) is 34.2 Å². The maximum atomic E-state index is 12.8. The molecule has 4 aromatic carbocycles. The molecule has 8 aromatic rings. The summed E-state index contributed by atoms with van der Waals surface area (Å²) in [4.78, 5) is 30.7. The third-order valence-electron chi connectivity index (χ3n) is 9.36. The lowest BCUT2D eigenvalue weighted by Gasteiger charge is -2.11. The molecule has 2 N–H and O–H groups in total. The summed E-state index contributed by atoms with van der Waals surface area (Å²) >= 11 is 2.69. The highest BCUT2D eigenvalue weighted by Crippen LogP contribution is 2.37. The molecule has 0 spiro atoms. The lowest BCUT2D eigenvalue weighted by atomic mass is 10.0. The van der Waals surface area contributed by atoms with E-state index < -0.39 is 0 Å². The second kappa shape index (κ2) is 15.8. The maximum Gasteiger partial charge on any atom is 0.234 e. The Morgan fingerprint density at radius 1 is 0.643 bits per heavy atom. The molecule has 0 radical (unpaired) electrons. The van der Waals surface area contributed by atoms with Gasteiger partial charge in [0.25, 0.3) is 0 Å². The molecule has 0 saturated heterocycles. The summed E-state index contributed by atoms with van der Waals surface area (Å²) in [5.74, 6) is 2.25. The van der Waals surface area contributed by atoms with Crippen molar-refractivity contribution in [1.29, 1.82) is 0 Å². The van der Waals surface area contributed by atoms with Gasteiger partial charge in [-0.2, -0.15) is 5.10 Å². The first-order valence-electron chi connectivity index (χ1n) is 18.1. The molecule has 282 valence electrons. The van der Waals surface area contributed by atoms with Crippen LogP contribution in [0.15, 0.2) is 108 Å². The molecule has 0 aliphatic heterocycles. The van der Waals surface area contributed by atoms with Gasteiger partial charge in [0.05, 0.1) is 28.7 Å². The Balaban J connectivity index is 1.11. The van der Waals surface area contributed by atoms with Crippen molar-refractivity contribution in [3.63, 3.8) is 0 Å². The molecule has 0 fully saturated rings. The lowest BCUT2D eigenvalue weighted by molar-refractivity contribution is -0.114. The van der Waals surface area contributed by atoms with Crippen LogP contribution in [0.2, 0.25) is 0 Å². The Kier molecular flexibility index (Phi) is 10.4. The van der Waals surface area contributed by atoms with E-state index in [1.807, 2.05) is 127 Å². The van der Waals surface area contributed by atoms with E-state index in [9.17, 15) is 9.59 Å². The van der Waals surface area contributed by atoms with E-state index in [1.165, 1.54) is 23.5 Å². The highest BCUT2D eigenvalue weighted by Gasteiger charge is 2.23. The van der Waals surface area contributed by atoms with Gasteiger partial charge in [0.2, 0.25) is 11.8 Å². The monoisotopic (exact) mass is 782 g/mol. The number of amides is 2. The number of aromatic nitrogens is 10. The smallest absolute Gasteiger partial charge is 0.234 e. The number of aryl methyl sites for hydroxylation is 2. The molecule has 4 heterocycles. The number of nitrogens with zero attached hydrogens (tertiary/aromatic N) is 10. The molecule has 8 rings (SSSR count). The number of rotatable bonds is 13. The minimum atomic E-state index is -0.121. The average molecular weight is 783 g/mol. The minimum absolute atomic E-state index is 0.118. The van der Waals surface area contributed by atoms with Gasteiger partial charge in [0.15, 0.2) is 22.0 Å². The number of carbonyl (C=O) groups is 2. The zero-order valence-corrected chi connectivity index (χ0v) is 32.8. The SMILES string of the molecule is CCn1c(SCC(=O)Nc2ccccc2)nnc1-c1cc(-c2nc3c(-c4nnc(SCC(=O)Nc5ccccc5)n4CC)cccc3n2C)cc2c1cnn2C. The number of hydrogen-bond acceptors (Lipinski definition) is 10. The van der Waals surface area contributed by atoms with Crippen LogP contribution in [0.1, 0.15) is 13.8 Å². The summed E-state index contributed by atoms with van der Waals surface area (Å²) < 4.78 is 7.96. The van der Waals surface area contributed by atoms with Gasteiger partial charge < -0.3 is 24.3 Å². The molecule has 0 aliphatic rings. The van der Waals surface area contributed by atoms with Crippen molar-refractivity contribution < 1.29 is 9.59 Å². The van der Waals surface area contributed by atoms with Gasteiger partial charge in [-0.15, -0.1) is 20.4 Å². The predicted molar refractivity (Wildman–Crippen MR) is 221 cm³/mol. The van der Waals surface area contributed by atoms with Crippen molar-refractivity contribution in [2.45, 2.75) is 37.2 Å². The number of benzene rings is 4. The number of para-hydroxylation sites is 3. The standard InChI is InChI=1S/C40H38N12O2S2/c1-5-51-37(45-47-39(51)55-23-33(53)42-26-14-9-7-10-15-26)28-18-13-19-31-35(28)44-36(49(31)3)25-20-29(30-22-41-50(4)32(30)21-25)38-46-48-40(52(38)6-2)56-24-34(54)43-27-16-11-8-12-17-27/h7-22H,5-6,23-24H2,1-4H3,(H,42,53)(H,43,54). The van der Waals surface area contributed by atoms with E-state index in [0.717, 1.165) is 55.8 Å². The van der Waals surface area contributed by atoms with Crippen LogP contribution < -0.4 is 10.6 Å². The Morgan fingerprint density at radius 2 is 1.21 bits per heavy atom. The number of imidazole rings is 1. The summed E-state index contributed by atoms with van der Waals surface area (Å²) in [7, 11) is 3.92. The first-order valence-corrected chi connectivity index (χ1v) is 20.0. The summed E-state index contributed by atoms with van der Waals surface area (Å²) in [6.45, 7) is 5.28. The van der Waals surface area contributed by atoms with Gasteiger partial charge >= 0.3 is 0 Å². The Labute approximate surface area is 330 Å². The summed E-state index contributed by atoms with van der Waals surface area (Å²) in [5.41, 5.74) is 6.69. The van der Waals surface area contributed by atoms with Crippen molar-refractivity contribution in [2.75, 3.05) is 22.1 Å². The molecular weight excluding hydrogens is 745 g/mol. The molecular formula is C40H38N12O2S2. The first kappa shape index (κ1) is 36.7. The molecule has 0 saturated carbocycles. The summed E-state index contributed by atoms with van der Waals surface area (Å²) in [5, 5.41) is 31.0. The van der Waals surface area contributed by atoms with E-state index in [4.69, 9.17) is 4.98 Å². The Hall–Kier alpha value is -6.26. The number of anilines is 2. The van der Waals surface area contributed by atoms with Crippen molar-refractivity contribution in [2.24, 2.45) is 14.1 Å². The largest absolute Gasteiger partial charge is 0.327 e. The van der Waals surface area contributed by atoms with Crippen LogP contribution in [0.25, 0.3) is 56.1 Å². The fourth-order valence-corrected chi connectivity index (χ4v) is 8.28.